The van der Waals surface area contributed by atoms with Crippen molar-refractivity contribution in [3.05, 3.63) is 89.7 Å². The highest BCUT2D eigenvalue weighted by atomic mass is 16.2. The second kappa shape index (κ2) is 11.3. The molecule has 2 amide bonds. The predicted molar refractivity (Wildman–Crippen MR) is 146 cm³/mol. The minimum absolute atomic E-state index is 0.0896. The number of benzene rings is 2. The number of pyridine rings is 1. The number of nitrogens with one attached hydrogen (secondary N) is 1. The molecule has 1 N–H and O–H groups in total. The largest absolute Gasteiger partial charge is 0.350 e. The number of hydrogen-bond donors (Lipinski definition) is 1. The van der Waals surface area contributed by atoms with Crippen LogP contribution in [0.25, 0.3) is 11.1 Å². The van der Waals surface area contributed by atoms with Crippen LogP contribution in [0.5, 0.6) is 0 Å². The van der Waals surface area contributed by atoms with Crippen molar-refractivity contribution < 1.29 is 9.59 Å². The molecule has 192 valence electrons. The maximum atomic E-state index is 13.1. The normalized spacial score (nSPS) is 20.1. The van der Waals surface area contributed by atoms with Gasteiger partial charge in [-0.05, 0) is 54.5 Å². The second-order valence-electron chi connectivity index (χ2n) is 10.5. The first-order chi connectivity index (χ1) is 18.0. The molecular formula is C31H36N4O2. The first kappa shape index (κ1) is 25.2. The van der Waals surface area contributed by atoms with E-state index in [1.165, 1.54) is 22.3 Å². The van der Waals surface area contributed by atoms with Crippen molar-refractivity contribution in [1.29, 1.82) is 0 Å². The molecule has 5 rings (SSSR count). The summed E-state index contributed by atoms with van der Waals surface area (Å²) in [6.07, 6.45) is 5.03. The third-order valence-corrected chi connectivity index (χ3v) is 7.87. The van der Waals surface area contributed by atoms with Crippen molar-refractivity contribution in [2.75, 3.05) is 26.2 Å². The Bertz CT molecular complexity index is 1220. The molecule has 2 saturated heterocycles. The van der Waals surface area contributed by atoms with E-state index < -0.39 is 0 Å². The van der Waals surface area contributed by atoms with E-state index >= 15 is 0 Å². The molecule has 0 saturated carbocycles. The molecule has 1 atom stereocenters. The predicted octanol–water partition coefficient (Wildman–Crippen LogP) is 4.37. The average Bonchev–Trinajstić information content (AvgIpc) is 3.30. The first-order valence-corrected chi connectivity index (χ1v) is 13.4. The molecule has 3 aromatic rings. The quantitative estimate of drug-likeness (QED) is 0.503. The highest BCUT2D eigenvalue weighted by Crippen LogP contribution is 2.31. The molecule has 2 fully saturated rings. The van der Waals surface area contributed by atoms with E-state index in [1.807, 2.05) is 35.4 Å². The van der Waals surface area contributed by atoms with E-state index in [-0.39, 0.29) is 17.4 Å². The van der Waals surface area contributed by atoms with Crippen LogP contribution in [0.15, 0.2) is 72.9 Å². The Hall–Kier alpha value is -3.51. The number of aromatic nitrogens is 1. The topological polar surface area (TPSA) is 65.5 Å². The van der Waals surface area contributed by atoms with Gasteiger partial charge in [-0.2, -0.15) is 0 Å². The Labute approximate surface area is 219 Å². The van der Waals surface area contributed by atoms with Gasteiger partial charge in [0.25, 0.3) is 0 Å². The summed E-state index contributed by atoms with van der Waals surface area (Å²) in [5.74, 6) is 0.278. The maximum Gasteiger partial charge on any atom is 0.222 e. The lowest BCUT2D eigenvalue weighted by Crippen LogP contribution is -2.49. The van der Waals surface area contributed by atoms with Crippen LogP contribution in [0.4, 0.5) is 0 Å². The van der Waals surface area contributed by atoms with Gasteiger partial charge in [-0.3, -0.25) is 19.5 Å². The SMILES string of the molecule is Cc1cccnc1CN1CCN(C(=O)CC[C@@]2(Cc3ccc(-c4ccccc4)cc3)CCC(=O)N2)CC1. The van der Waals surface area contributed by atoms with Gasteiger partial charge in [0, 0.05) is 57.3 Å². The summed E-state index contributed by atoms with van der Waals surface area (Å²) in [5, 5.41) is 3.24. The molecule has 6 heteroatoms. The number of carbonyl (C=O) groups excluding carboxylic acids is 2. The lowest BCUT2D eigenvalue weighted by Gasteiger charge is -2.36. The molecule has 6 nitrogen and oxygen atoms in total. The number of hydrogen-bond acceptors (Lipinski definition) is 4. The Morgan fingerprint density at radius 3 is 2.35 bits per heavy atom. The smallest absolute Gasteiger partial charge is 0.222 e. The number of carbonyl (C=O) groups is 2. The fraction of sp³-hybridized carbons (Fsp3) is 0.387. The van der Waals surface area contributed by atoms with Crippen molar-refractivity contribution in [3.63, 3.8) is 0 Å². The zero-order chi connectivity index (χ0) is 25.7. The Morgan fingerprint density at radius 1 is 0.946 bits per heavy atom. The van der Waals surface area contributed by atoms with Crippen molar-refractivity contribution in [2.24, 2.45) is 0 Å². The van der Waals surface area contributed by atoms with Crippen molar-refractivity contribution in [3.8, 4) is 11.1 Å². The summed E-state index contributed by atoms with van der Waals surface area (Å²) in [6, 6.07) is 23.0. The first-order valence-electron chi connectivity index (χ1n) is 13.4. The highest BCUT2D eigenvalue weighted by molar-refractivity contribution is 5.80. The monoisotopic (exact) mass is 496 g/mol. The van der Waals surface area contributed by atoms with Gasteiger partial charge in [-0.1, -0.05) is 60.7 Å². The second-order valence-corrected chi connectivity index (χ2v) is 10.5. The standard InChI is InChI=1S/C31H36N4O2/c1-24-6-5-17-32-28(24)23-34-18-20-35(21-19-34)30(37)14-16-31(15-13-29(36)33-31)22-25-9-11-27(12-10-25)26-7-3-2-4-8-26/h2-12,17H,13-16,18-23H2,1H3,(H,33,36)/t31-/m1/s1. The molecule has 37 heavy (non-hydrogen) atoms. The molecule has 2 aromatic carbocycles. The highest BCUT2D eigenvalue weighted by Gasteiger charge is 2.38. The molecule has 0 aliphatic carbocycles. The van der Waals surface area contributed by atoms with Crippen molar-refractivity contribution in [1.82, 2.24) is 20.1 Å². The van der Waals surface area contributed by atoms with Gasteiger partial charge in [0.2, 0.25) is 11.8 Å². The van der Waals surface area contributed by atoms with E-state index in [0.717, 1.165) is 51.3 Å². The van der Waals surface area contributed by atoms with Crippen molar-refractivity contribution in [2.45, 2.75) is 51.1 Å². The Kier molecular flexibility index (Phi) is 7.65. The van der Waals surface area contributed by atoms with E-state index in [0.29, 0.717) is 19.3 Å². The van der Waals surface area contributed by atoms with E-state index in [1.54, 1.807) is 0 Å². The summed E-state index contributed by atoms with van der Waals surface area (Å²) in [7, 11) is 0. The summed E-state index contributed by atoms with van der Waals surface area (Å²) in [6.45, 7) is 6.12. The molecular weight excluding hydrogens is 460 g/mol. The number of nitrogens with zero attached hydrogens (tertiary/aromatic N) is 3. The fourth-order valence-electron chi connectivity index (χ4n) is 5.57. The van der Waals surface area contributed by atoms with Crippen LogP contribution in [0.3, 0.4) is 0 Å². The molecule has 0 unspecified atom stereocenters. The summed E-state index contributed by atoms with van der Waals surface area (Å²) >= 11 is 0. The van der Waals surface area contributed by atoms with Crippen LogP contribution < -0.4 is 5.32 Å². The van der Waals surface area contributed by atoms with Gasteiger partial charge in [0.15, 0.2) is 0 Å². The molecule has 2 aliphatic heterocycles. The van der Waals surface area contributed by atoms with Crippen LogP contribution >= 0.6 is 0 Å². The van der Waals surface area contributed by atoms with Gasteiger partial charge < -0.3 is 10.2 Å². The lowest BCUT2D eigenvalue weighted by molar-refractivity contribution is -0.133. The Morgan fingerprint density at radius 2 is 1.68 bits per heavy atom. The molecule has 0 radical (unpaired) electrons. The maximum absolute atomic E-state index is 13.1. The van der Waals surface area contributed by atoms with Crippen molar-refractivity contribution >= 4 is 11.8 Å². The fourth-order valence-corrected chi connectivity index (χ4v) is 5.57. The average molecular weight is 497 g/mol. The van der Waals surface area contributed by atoms with Crippen LogP contribution in [0, 0.1) is 6.92 Å². The van der Waals surface area contributed by atoms with Gasteiger partial charge in [0.05, 0.1) is 5.69 Å². The minimum atomic E-state index is -0.348. The Balaban J connectivity index is 1.16. The van der Waals surface area contributed by atoms with Gasteiger partial charge in [0.1, 0.15) is 0 Å². The number of piperazine rings is 1. The minimum Gasteiger partial charge on any atom is -0.350 e. The van der Waals surface area contributed by atoms with E-state index in [4.69, 9.17) is 0 Å². The number of amides is 2. The van der Waals surface area contributed by atoms with Crippen LogP contribution in [-0.4, -0.2) is 58.3 Å². The zero-order valence-corrected chi connectivity index (χ0v) is 21.7. The number of aryl methyl sites for hydroxylation is 1. The van der Waals surface area contributed by atoms with Gasteiger partial charge >= 0.3 is 0 Å². The van der Waals surface area contributed by atoms with E-state index in [9.17, 15) is 9.59 Å². The molecule has 0 spiro atoms. The molecule has 3 heterocycles. The van der Waals surface area contributed by atoms with Gasteiger partial charge in [-0.25, -0.2) is 0 Å². The van der Waals surface area contributed by atoms with Crippen LogP contribution in [0.1, 0.15) is 42.5 Å². The third kappa shape index (κ3) is 6.25. The van der Waals surface area contributed by atoms with Crippen LogP contribution in [-0.2, 0) is 22.6 Å². The number of rotatable bonds is 8. The molecule has 2 aliphatic rings. The zero-order valence-electron chi connectivity index (χ0n) is 21.7. The lowest BCUT2D eigenvalue weighted by atomic mass is 9.84. The molecule has 1 aromatic heterocycles. The summed E-state index contributed by atoms with van der Waals surface area (Å²) in [4.78, 5) is 34.2. The van der Waals surface area contributed by atoms with Gasteiger partial charge in [-0.15, -0.1) is 0 Å². The van der Waals surface area contributed by atoms with Crippen LogP contribution in [0.2, 0.25) is 0 Å². The summed E-state index contributed by atoms with van der Waals surface area (Å²) in [5.41, 5.74) is 5.53. The third-order valence-electron chi connectivity index (χ3n) is 7.87. The molecule has 0 bridgehead atoms. The summed E-state index contributed by atoms with van der Waals surface area (Å²) < 4.78 is 0. The van der Waals surface area contributed by atoms with E-state index in [2.05, 4.69) is 64.6 Å².